The minimum absolute atomic E-state index is 0.513. The lowest BCUT2D eigenvalue weighted by molar-refractivity contribution is 0.0676. The Labute approximate surface area is 97.7 Å². The summed E-state index contributed by atoms with van der Waals surface area (Å²) in [5, 5.41) is 0. The van der Waals surface area contributed by atoms with Gasteiger partial charge >= 0.3 is 0 Å². The van der Waals surface area contributed by atoms with Crippen LogP contribution in [-0.2, 0) is 4.74 Å². The van der Waals surface area contributed by atoms with Crippen molar-refractivity contribution >= 4 is 12.7 Å². The fraction of sp³-hybridized carbons (Fsp3) is 0.667. The summed E-state index contributed by atoms with van der Waals surface area (Å²) in [4.78, 5) is 10.4. The fourth-order valence-electron chi connectivity index (χ4n) is 1.29. The highest BCUT2D eigenvalue weighted by molar-refractivity contribution is 5.84. The van der Waals surface area contributed by atoms with E-state index in [0.29, 0.717) is 11.9 Å². The largest absolute Gasteiger partial charge is 0.378 e. The molecule has 0 spiro atoms. The summed E-state index contributed by atoms with van der Waals surface area (Å²) in [6, 6.07) is 0. The summed E-state index contributed by atoms with van der Waals surface area (Å²) in [7, 11) is 0. The Morgan fingerprint density at radius 2 is 2.00 bits per heavy atom. The minimum atomic E-state index is 0.513. The smallest absolute Gasteiger partial charge is 0.224 e. The molecular formula is C12H21N3O. The number of nitrogens with zero attached hydrogens (tertiary/aromatic N) is 3. The predicted molar refractivity (Wildman–Crippen MR) is 68.0 cm³/mol. The predicted octanol–water partition coefficient (Wildman–Crippen LogP) is 1.94. The second-order valence-electron chi connectivity index (χ2n) is 4.21. The number of ether oxygens (including phenoxy) is 1. The van der Waals surface area contributed by atoms with Crippen molar-refractivity contribution in [2.45, 2.75) is 20.8 Å². The molecule has 4 heteroatoms. The third-order valence-electron chi connectivity index (χ3n) is 2.73. The van der Waals surface area contributed by atoms with Crippen LogP contribution < -0.4 is 0 Å². The fourth-order valence-corrected chi connectivity index (χ4v) is 1.29. The zero-order valence-corrected chi connectivity index (χ0v) is 10.4. The molecule has 0 atom stereocenters. The van der Waals surface area contributed by atoms with E-state index >= 15 is 0 Å². The Hall–Kier alpha value is -1.16. The normalized spacial score (nSPS) is 19.1. The highest BCUT2D eigenvalue weighted by Crippen LogP contribution is 2.08. The van der Waals surface area contributed by atoms with Crippen molar-refractivity contribution in [2.75, 3.05) is 26.3 Å². The SMILES string of the molecule is C=NC(=N/C=C(\C)C(C)C)N1CCOCC1. The molecule has 1 fully saturated rings. The lowest BCUT2D eigenvalue weighted by atomic mass is 10.1. The standard InChI is InChI=1S/C12H21N3O/c1-10(2)11(3)9-14-12(13-4)15-5-7-16-8-6-15/h9-10H,4-8H2,1-3H3/b11-9+,14-12?. The van der Waals surface area contributed by atoms with E-state index in [2.05, 4.69) is 42.4 Å². The van der Waals surface area contributed by atoms with Crippen LogP contribution in [0.1, 0.15) is 20.8 Å². The topological polar surface area (TPSA) is 37.2 Å². The molecule has 90 valence electrons. The third kappa shape index (κ3) is 3.77. The molecule has 16 heavy (non-hydrogen) atoms. The van der Waals surface area contributed by atoms with Crippen molar-refractivity contribution in [3.8, 4) is 0 Å². The third-order valence-corrected chi connectivity index (χ3v) is 2.73. The number of hydrogen-bond acceptors (Lipinski definition) is 2. The van der Waals surface area contributed by atoms with Gasteiger partial charge in [0.15, 0.2) is 0 Å². The van der Waals surface area contributed by atoms with Crippen molar-refractivity contribution in [1.29, 1.82) is 0 Å². The second kappa shape index (κ2) is 6.43. The first-order chi connectivity index (χ1) is 7.65. The Bertz CT molecular complexity index is 289. The van der Waals surface area contributed by atoms with Crippen LogP contribution in [0.3, 0.4) is 0 Å². The Kier molecular flexibility index (Phi) is 5.19. The molecule has 0 amide bonds. The van der Waals surface area contributed by atoms with Gasteiger partial charge in [-0.2, -0.15) is 0 Å². The van der Waals surface area contributed by atoms with Gasteiger partial charge < -0.3 is 9.64 Å². The molecule has 1 heterocycles. The van der Waals surface area contributed by atoms with Gasteiger partial charge in [-0.3, -0.25) is 0 Å². The van der Waals surface area contributed by atoms with Crippen LogP contribution in [0.4, 0.5) is 0 Å². The van der Waals surface area contributed by atoms with Gasteiger partial charge in [0.1, 0.15) is 0 Å². The molecule has 1 rings (SSSR count). The highest BCUT2D eigenvalue weighted by Gasteiger charge is 2.13. The first kappa shape index (κ1) is 12.9. The first-order valence-corrected chi connectivity index (χ1v) is 5.69. The van der Waals surface area contributed by atoms with Crippen LogP contribution in [-0.4, -0.2) is 43.9 Å². The molecule has 0 bridgehead atoms. The molecule has 0 saturated carbocycles. The quantitative estimate of drug-likeness (QED) is 0.530. The van der Waals surface area contributed by atoms with E-state index in [1.165, 1.54) is 5.57 Å². The van der Waals surface area contributed by atoms with Gasteiger partial charge in [-0.1, -0.05) is 19.4 Å². The van der Waals surface area contributed by atoms with Gasteiger partial charge in [0.05, 0.1) is 13.2 Å². The summed E-state index contributed by atoms with van der Waals surface area (Å²) in [5.74, 6) is 1.21. The number of aliphatic imine (C=N–C) groups is 2. The first-order valence-electron chi connectivity index (χ1n) is 5.69. The number of morpholine rings is 1. The maximum atomic E-state index is 5.28. The van der Waals surface area contributed by atoms with Gasteiger partial charge in [-0.15, -0.1) is 0 Å². The number of rotatable bonds is 2. The van der Waals surface area contributed by atoms with Crippen LogP contribution in [0.5, 0.6) is 0 Å². The molecule has 0 aromatic carbocycles. The molecule has 0 N–H and O–H groups in total. The van der Waals surface area contributed by atoms with Crippen LogP contribution in [0, 0.1) is 5.92 Å². The maximum absolute atomic E-state index is 5.28. The molecule has 0 aliphatic carbocycles. The zero-order chi connectivity index (χ0) is 12.0. The average molecular weight is 223 g/mol. The molecule has 0 aromatic rings. The molecule has 4 nitrogen and oxygen atoms in total. The van der Waals surface area contributed by atoms with Crippen molar-refractivity contribution < 1.29 is 4.74 Å². The molecule has 1 aliphatic rings. The minimum Gasteiger partial charge on any atom is -0.378 e. The summed E-state index contributed by atoms with van der Waals surface area (Å²) in [6.07, 6.45) is 1.88. The van der Waals surface area contributed by atoms with E-state index in [9.17, 15) is 0 Å². The number of allylic oxidation sites excluding steroid dienone is 1. The molecule has 0 aromatic heterocycles. The maximum Gasteiger partial charge on any atom is 0.224 e. The van der Waals surface area contributed by atoms with Crippen LogP contribution >= 0.6 is 0 Å². The average Bonchev–Trinajstić information content (AvgIpc) is 2.30. The van der Waals surface area contributed by atoms with E-state index in [1.54, 1.807) is 0 Å². The van der Waals surface area contributed by atoms with Gasteiger partial charge in [0.2, 0.25) is 5.96 Å². The summed E-state index contributed by atoms with van der Waals surface area (Å²) >= 11 is 0. The monoisotopic (exact) mass is 223 g/mol. The van der Waals surface area contributed by atoms with Gasteiger partial charge in [0.25, 0.3) is 0 Å². The molecule has 0 unspecified atom stereocenters. The zero-order valence-electron chi connectivity index (χ0n) is 10.4. The van der Waals surface area contributed by atoms with Crippen molar-refractivity contribution in [2.24, 2.45) is 15.9 Å². The summed E-state index contributed by atoms with van der Waals surface area (Å²) in [6.45, 7) is 13.1. The van der Waals surface area contributed by atoms with Gasteiger partial charge in [-0.05, 0) is 19.6 Å². The second-order valence-corrected chi connectivity index (χ2v) is 4.21. The van der Waals surface area contributed by atoms with E-state index in [1.807, 2.05) is 6.20 Å². The van der Waals surface area contributed by atoms with Crippen molar-refractivity contribution in [3.63, 3.8) is 0 Å². The van der Waals surface area contributed by atoms with Crippen LogP contribution in [0.25, 0.3) is 0 Å². The van der Waals surface area contributed by atoms with Gasteiger partial charge in [0, 0.05) is 19.3 Å². The number of hydrogen-bond donors (Lipinski definition) is 0. The molecular weight excluding hydrogens is 202 g/mol. The molecule has 0 radical (unpaired) electrons. The highest BCUT2D eigenvalue weighted by atomic mass is 16.5. The molecule has 1 saturated heterocycles. The lowest BCUT2D eigenvalue weighted by Gasteiger charge is -2.27. The van der Waals surface area contributed by atoms with E-state index < -0.39 is 0 Å². The lowest BCUT2D eigenvalue weighted by Crippen LogP contribution is -2.39. The molecule has 1 aliphatic heterocycles. The van der Waals surface area contributed by atoms with Crippen molar-refractivity contribution in [3.05, 3.63) is 11.8 Å². The summed E-state index contributed by atoms with van der Waals surface area (Å²) in [5.41, 5.74) is 1.24. The van der Waals surface area contributed by atoms with E-state index in [0.717, 1.165) is 26.3 Å². The van der Waals surface area contributed by atoms with E-state index in [-0.39, 0.29) is 0 Å². The van der Waals surface area contributed by atoms with Gasteiger partial charge in [-0.25, -0.2) is 9.98 Å². The van der Waals surface area contributed by atoms with Crippen molar-refractivity contribution in [1.82, 2.24) is 4.90 Å². The van der Waals surface area contributed by atoms with Crippen LogP contribution in [0.2, 0.25) is 0 Å². The Morgan fingerprint density at radius 1 is 1.38 bits per heavy atom. The summed E-state index contributed by atoms with van der Waals surface area (Å²) < 4.78 is 5.28. The Balaban J connectivity index is 2.68. The Morgan fingerprint density at radius 3 is 2.50 bits per heavy atom. The van der Waals surface area contributed by atoms with E-state index in [4.69, 9.17) is 4.74 Å². The number of guanidine groups is 1. The van der Waals surface area contributed by atoms with Crippen LogP contribution in [0.15, 0.2) is 21.8 Å².